The molecule has 1 aliphatic rings. The van der Waals surface area contributed by atoms with E-state index < -0.39 is 0 Å². The minimum Gasteiger partial charge on any atom is -0.367 e. The molecule has 4 heteroatoms. The van der Waals surface area contributed by atoms with E-state index in [4.69, 9.17) is 0 Å². The highest BCUT2D eigenvalue weighted by Crippen LogP contribution is 2.23. The second-order valence-electron chi connectivity index (χ2n) is 5.77. The molecular formula is C13H22N4. The van der Waals surface area contributed by atoms with Gasteiger partial charge in [0.25, 0.3) is 0 Å². The Hall–Kier alpha value is -1.16. The molecule has 2 heterocycles. The molecule has 94 valence electrons. The van der Waals surface area contributed by atoms with E-state index in [9.17, 15) is 0 Å². The first-order valence-electron chi connectivity index (χ1n) is 6.31. The molecule has 1 N–H and O–H groups in total. The minimum atomic E-state index is 0.276. The van der Waals surface area contributed by atoms with E-state index in [2.05, 4.69) is 41.0 Å². The maximum Gasteiger partial charge on any atom is 0.115 e. The van der Waals surface area contributed by atoms with Crippen LogP contribution in [0.2, 0.25) is 0 Å². The Morgan fingerprint density at radius 3 is 2.65 bits per heavy atom. The van der Waals surface area contributed by atoms with Gasteiger partial charge < -0.3 is 10.2 Å². The fourth-order valence-corrected chi connectivity index (χ4v) is 2.19. The zero-order valence-electron chi connectivity index (χ0n) is 11.0. The molecule has 1 saturated heterocycles. The van der Waals surface area contributed by atoms with Crippen molar-refractivity contribution in [3.63, 3.8) is 0 Å². The van der Waals surface area contributed by atoms with Gasteiger partial charge in [0.2, 0.25) is 0 Å². The summed E-state index contributed by atoms with van der Waals surface area (Å²) in [6.45, 7) is 10.1. The molecule has 0 amide bonds. The highest BCUT2D eigenvalue weighted by Gasteiger charge is 2.28. The van der Waals surface area contributed by atoms with Crippen molar-refractivity contribution in [1.29, 1.82) is 0 Å². The Labute approximate surface area is 103 Å². The van der Waals surface area contributed by atoms with Gasteiger partial charge in [0.05, 0.1) is 18.1 Å². The fraction of sp³-hybridized carbons (Fsp3) is 0.692. The SMILES string of the molecule is CC(C)(C)C1CN(c2cncnc2)CCCN1. The summed E-state index contributed by atoms with van der Waals surface area (Å²) in [5, 5.41) is 3.64. The fourth-order valence-electron chi connectivity index (χ4n) is 2.19. The van der Waals surface area contributed by atoms with E-state index in [1.54, 1.807) is 6.33 Å². The first kappa shape index (κ1) is 12.3. The monoisotopic (exact) mass is 234 g/mol. The van der Waals surface area contributed by atoms with Gasteiger partial charge in [0, 0.05) is 19.1 Å². The van der Waals surface area contributed by atoms with Crippen LogP contribution in [0.15, 0.2) is 18.7 Å². The molecule has 1 atom stereocenters. The number of hydrogen-bond acceptors (Lipinski definition) is 4. The third-order valence-corrected chi connectivity index (χ3v) is 3.36. The van der Waals surface area contributed by atoms with Crippen LogP contribution in [-0.2, 0) is 0 Å². The Morgan fingerprint density at radius 1 is 1.29 bits per heavy atom. The highest BCUT2D eigenvalue weighted by atomic mass is 15.2. The third kappa shape index (κ3) is 3.16. The quantitative estimate of drug-likeness (QED) is 0.803. The van der Waals surface area contributed by atoms with E-state index in [0.717, 1.165) is 25.3 Å². The van der Waals surface area contributed by atoms with Gasteiger partial charge in [-0.15, -0.1) is 0 Å². The predicted octanol–water partition coefficient (Wildman–Crippen LogP) is 1.69. The zero-order valence-corrected chi connectivity index (χ0v) is 11.0. The van der Waals surface area contributed by atoms with Crippen LogP contribution >= 0.6 is 0 Å². The average molecular weight is 234 g/mol. The molecule has 17 heavy (non-hydrogen) atoms. The van der Waals surface area contributed by atoms with E-state index in [1.165, 1.54) is 6.42 Å². The number of hydrogen-bond donors (Lipinski definition) is 1. The molecule has 4 nitrogen and oxygen atoms in total. The standard InChI is InChI=1S/C13H22N4/c1-13(2,3)12-9-17(6-4-5-16-12)11-7-14-10-15-8-11/h7-8,10,12,16H,4-6,9H2,1-3H3. The summed E-state index contributed by atoms with van der Waals surface area (Å²) in [5.41, 5.74) is 1.41. The Morgan fingerprint density at radius 2 is 2.00 bits per heavy atom. The van der Waals surface area contributed by atoms with Gasteiger partial charge in [-0.1, -0.05) is 20.8 Å². The second kappa shape index (κ2) is 5.00. The summed E-state index contributed by atoms with van der Waals surface area (Å²) in [5.74, 6) is 0. The molecule has 1 aliphatic heterocycles. The largest absolute Gasteiger partial charge is 0.367 e. The topological polar surface area (TPSA) is 41.1 Å². The molecule has 1 fully saturated rings. The number of nitrogens with one attached hydrogen (secondary N) is 1. The van der Waals surface area contributed by atoms with E-state index in [1.807, 2.05) is 12.4 Å². The lowest BCUT2D eigenvalue weighted by Gasteiger charge is -2.34. The summed E-state index contributed by atoms with van der Waals surface area (Å²) in [6.07, 6.45) is 6.55. The molecule has 1 aromatic heterocycles. The van der Waals surface area contributed by atoms with Gasteiger partial charge in [0.1, 0.15) is 6.33 Å². The average Bonchev–Trinajstić information content (AvgIpc) is 2.55. The molecule has 0 aromatic carbocycles. The van der Waals surface area contributed by atoms with E-state index in [-0.39, 0.29) is 5.41 Å². The molecule has 1 unspecified atom stereocenters. The van der Waals surface area contributed by atoms with Gasteiger partial charge in [-0.25, -0.2) is 9.97 Å². The van der Waals surface area contributed by atoms with Crippen molar-refractivity contribution in [1.82, 2.24) is 15.3 Å². The molecule has 0 radical (unpaired) electrons. The lowest BCUT2D eigenvalue weighted by atomic mass is 9.86. The van der Waals surface area contributed by atoms with Crippen LogP contribution in [0.3, 0.4) is 0 Å². The van der Waals surface area contributed by atoms with Crippen molar-refractivity contribution >= 4 is 5.69 Å². The van der Waals surface area contributed by atoms with Crippen molar-refractivity contribution in [3.05, 3.63) is 18.7 Å². The number of rotatable bonds is 1. The predicted molar refractivity (Wildman–Crippen MR) is 70.1 cm³/mol. The van der Waals surface area contributed by atoms with Crippen LogP contribution in [0.1, 0.15) is 27.2 Å². The van der Waals surface area contributed by atoms with Crippen LogP contribution in [0.25, 0.3) is 0 Å². The summed E-state index contributed by atoms with van der Waals surface area (Å²) >= 11 is 0. The van der Waals surface area contributed by atoms with Crippen molar-refractivity contribution < 1.29 is 0 Å². The molecule has 1 aromatic rings. The Balaban J connectivity index is 2.13. The normalized spacial score (nSPS) is 22.3. The Bertz CT molecular complexity index is 344. The van der Waals surface area contributed by atoms with Crippen LogP contribution in [-0.4, -0.2) is 35.6 Å². The molecule has 0 saturated carbocycles. The van der Waals surface area contributed by atoms with Crippen molar-refractivity contribution in [2.75, 3.05) is 24.5 Å². The van der Waals surface area contributed by atoms with Gasteiger partial charge in [-0.3, -0.25) is 0 Å². The van der Waals surface area contributed by atoms with Crippen molar-refractivity contribution in [3.8, 4) is 0 Å². The first-order chi connectivity index (χ1) is 8.07. The van der Waals surface area contributed by atoms with Gasteiger partial charge in [-0.2, -0.15) is 0 Å². The summed E-state index contributed by atoms with van der Waals surface area (Å²) in [4.78, 5) is 10.6. The summed E-state index contributed by atoms with van der Waals surface area (Å²) < 4.78 is 0. The van der Waals surface area contributed by atoms with Crippen LogP contribution in [0.4, 0.5) is 5.69 Å². The first-order valence-corrected chi connectivity index (χ1v) is 6.31. The van der Waals surface area contributed by atoms with Gasteiger partial charge in [0.15, 0.2) is 0 Å². The minimum absolute atomic E-state index is 0.276. The number of nitrogens with zero attached hydrogens (tertiary/aromatic N) is 3. The lowest BCUT2D eigenvalue weighted by molar-refractivity contribution is 0.280. The highest BCUT2D eigenvalue weighted by molar-refractivity contribution is 5.42. The van der Waals surface area contributed by atoms with Gasteiger partial charge in [-0.05, 0) is 18.4 Å². The maximum absolute atomic E-state index is 4.10. The smallest absolute Gasteiger partial charge is 0.115 e. The zero-order chi connectivity index (χ0) is 12.3. The van der Waals surface area contributed by atoms with Crippen LogP contribution in [0.5, 0.6) is 0 Å². The number of anilines is 1. The lowest BCUT2D eigenvalue weighted by Crippen LogP contribution is -2.46. The van der Waals surface area contributed by atoms with Crippen LogP contribution in [0, 0.1) is 5.41 Å². The number of aromatic nitrogens is 2. The molecule has 0 aliphatic carbocycles. The van der Waals surface area contributed by atoms with E-state index in [0.29, 0.717) is 6.04 Å². The summed E-state index contributed by atoms with van der Waals surface area (Å²) in [7, 11) is 0. The van der Waals surface area contributed by atoms with E-state index >= 15 is 0 Å². The molecule has 0 spiro atoms. The second-order valence-corrected chi connectivity index (χ2v) is 5.77. The van der Waals surface area contributed by atoms with Gasteiger partial charge >= 0.3 is 0 Å². The molecule has 2 rings (SSSR count). The molecular weight excluding hydrogens is 212 g/mol. The van der Waals surface area contributed by atoms with Crippen molar-refractivity contribution in [2.24, 2.45) is 5.41 Å². The molecule has 0 bridgehead atoms. The Kier molecular flexibility index (Phi) is 3.62. The van der Waals surface area contributed by atoms with Crippen molar-refractivity contribution in [2.45, 2.75) is 33.2 Å². The third-order valence-electron chi connectivity index (χ3n) is 3.36. The summed E-state index contributed by atoms with van der Waals surface area (Å²) in [6, 6.07) is 0.505. The maximum atomic E-state index is 4.10. The van der Waals surface area contributed by atoms with Crippen LogP contribution < -0.4 is 10.2 Å².